The van der Waals surface area contributed by atoms with Crippen LogP contribution in [0.15, 0.2) is 12.1 Å². The van der Waals surface area contributed by atoms with Crippen molar-refractivity contribution < 1.29 is 9.72 Å². The zero-order valence-electron chi connectivity index (χ0n) is 10.8. The fourth-order valence-corrected chi connectivity index (χ4v) is 1.73. The number of hydrogen-bond acceptors (Lipinski definition) is 4. The van der Waals surface area contributed by atoms with Crippen LogP contribution in [0.3, 0.4) is 0 Å². The number of anilines is 1. The van der Waals surface area contributed by atoms with E-state index in [0.717, 1.165) is 6.42 Å². The van der Waals surface area contributed by atoms with Crippen LogP contribution in [0, 0.1) is 17.0 Å². The number of nitrogens with zero attached hydrogens (tertiary/aromatic N) is 1. The Kier molecular flexibility index (Phi) is 5.57. The molecule has 0 saturated carbocycles. The first-order valence-corrected chi connectivity index (χ1v) is 6.28. The minimum atomic E-state index is -0.487. The molecule has 1 amide bonds. The number of benzene rings is 1. The third-order valence-electron chi connectivity index (χ3n) is 2.49. The van der Waals surface area contributed by atoms with Gasteiger partial charge in [-0.05, 0) is 19.4 Å². The summed E-state index contributed by atoms with van der Waals surface area (Å²) in [5.41, 5.74) is 0.966. The topological polar surface area (TPSA) is 84.3 Å². The summed E-state index contributed by atoms with van der Waals surface area (Å²) in [6, 6.07) is 2.84. The van der Waals surface area contributed by atoms with Crippen molar-refractivity contribution in [3.05, 3.63) is 32.8 Å². The predicted octanol–water partition coefficient (Wildman–Crippen LogP) is 2.49. The first-order chi connectivity index (χ1) is 8.95. The Balaban J connectivity index is 2.72. The molecule has 2 N–H and O–H groups in total. The van der Waals surface area contributed by atoms with E-state index in [9.17, 15) is 14.9 Å². The van der Waals surface area contributed by atoms with Crippen LogP contribution in [0.2, 0.25) is 5.02 Å². The zero-order valence-corrected chi connectivity index (χ0v) is 11.6. The molecule has 0 aliphatic rings. The van der Waals surface area contributed by atoms with E-state index >= 15 is 0 Å². The minimum absolute atomic E-state index is 0.0361. The number of carbonyl (C=O) groups excluding carboxylic acids is 1. The van der Waals surface area contributed by atoms with Gasteiger partial charge in [-0.3, -0.25) is 14.9 Å². The molecule has 7 heteroatoms. The number of aryl methyl sites for hydroxylation is 1. The molecule has 0 aliphatic heterocycles. The Morgan fingerprint density at radius 2 is 2.16 bits per heavy atom. The molecule has 1 rings (SSSR count). The predicted molar refractivity (Wildman–Crippen MR) is 74.6 cm³/mol. The van der Waals surface area contributed by atoms with E-state index in [-0.39, 0.29) is 23.2 Å². The number of halogens is 1. The molecule has 0 bridgehead atoms. The highest BCUT2D eigenvalue weighted by Gasteiger charge is 2.14. The van der Waals surface area contributed by atoms with E-state index in [0.29, 0.717) is 17.8 Å². The van der Waals surface area contributed by atoms with E-state index in [2.05, 4.69) is 10.6 Å². The van der Waals surface area contributed by atoms with Crippen LogP contribution in [0.25, 0.3) is 0 Å². The lowest BCUT2D eigenvalue weighted by Gasteiger charge is -2.09. The van der Waals surface area contributed by atoms with Crippen LogP contribution in [0.1, 0.15) is 18.9 Å². The van der Waals surface area contributed by atoms with Gasteiger partial charge in [-0.2, -0.15) is 0 Å². The van der Waals surface area contributed by atoms with Gasteiger partial charge >= 0.3 is 0 Å². The van der Waals surface area contributed by atoms with Crippen LogP contribution in [-0.4, -0.2) is 23.9 Å². The van der Waals surface area contributed by atoms with Crippen molar-refractivity contribution in [1.29, 1.82) is 0 Å². The molecule has 0 radical (unpaired) electrons. The number of amides is 1. The Bertz CT molecular complexity index is 491. The molecule has 0 aromatic heterocycles. The molecule has 0 fully saturated rings. The van der Waals surface area contributed by atoms with Crippen molar-refractivity contribution in [2.24, 2.45) is 0 Å². The summed E-state index contributed by atoms with van der Waals surface area (Å²) in [4.78, 5) is 21.7. The van der Waals surface area contributed by atoms with Gasteiger partial charge in [0.15, 0.2) is 0 Å². The summed E-state index contributed by atoms with van der Waals surface area (Å²) >= 11 is 5.93. The molecule has 1 aromatic rings. The highest BCUT2D eigenvalue weighted by Crippen LogP contribution is 2.29. The molecule has 0 heterocycles. The average Bonchev–Trinajstić information content (AvgIpc) is 2.36. The summed E-state index contributed by atoms with van der Waals surface area (Å²) < 4.78 is 0. The lowest BCUT2D eigenvalue weighted by atomic mass is 10.2. The van der Waals surface area contributed by atoms with Gasteiger partial charge in [-0.1, -0.05) is 18.5 Å². The highest BCUT2D eigenvalue weighted by molar-refractivity contribution is 6.33. The number of nitro benzene ring substituents is 1. The maximum Gasteiger partial charge on any atom is 0.273 e. The lowest BCUT2D eigenvalue weighted by Crippen LogP contribution is -2.30. The summed E-state index contributed by atoms with van der Waals surface area (Å²) in [6.45, 7) is 4.28. The molecule has 104 valence electrons. The van der Waals surface area contributed by atoms with Crippen molar-refractivity contribution in [3.63, 3.8) is 0 Å². The first-order valence-electron chi connectivity index (χ1n) is 5.90. The molecule has 0 saturated heterocycles. The number of carbonyl (C=O) groups is 1. The van der Waals surface area contributed by atoms with E-state index < -0.39 is 4.92 Å². The Morgan fingerprint density at radius 1 is 1.47 bits per heavy atom. The fourth-order valence-electron chi connectivity index (χ4n) is 1.51. The van der Waals surface area contributed by atoms with E-state index in [1.165, 1.54) is 6.07 Å². The van der Waals surface area contributed by atoms with Crippen molar-refractivity contribution in [1.82, 2.24) is 5.32 Å². The van der Waals surface area contributed by atoms with Gasteiger partial charge in [0.2, 0.25) is 5.91 Å². The van der Waals surface area contributed by atoms with Gasteiger partial charge < -0.3 is 10.6 Å². The highest BCUT2D eigenvalue weighted by atomic mass is 35.5. The van der Waals surface area contributed by atoms with Crippen molar-refractivity contribution >= 4 is 28.9 Å². The zero-order chi connectivity index (χ0) is 14.4. The molecule has 0 spiro atoms. The van der Waals surface area contributed by atoms with Crippen molar-refractivity contribution in [2.75, 3.05) is 18.4 Å². The number of hydrogen-bond donors (Lipinski definition) is 2. The van der Waals surface area contributed by atoms with Gasteiger partial charge in [0.25, 0.3) is 5.69 Å². The second kappa shape index (κ2) is 6.94. The minimum Gasteiger partial charge on any atom is -0.375 e. The third-order valence-corrected chi connectivity index (χ3v) is 2.81. The Hall–Kier alpha value is -1.82. The summed E-state index contributed by atoms with van der Waals surface area (Å²) in [6.07, 6.45) is 0.864. The largest absolute Gasteiger partial charge is 0.375 e. The number of nitrogens with one attached hydrogen (secondary N) is 2. The van der Waals surface area contributed by atoms with Gasteiger partial charge in [0, 0.05) is 18.2 Å². The molecule has 0 aliphatic carbocycles. The van der Waals surface area contributed by atoms with Gasteiger partial charge in [-0.25, -0.2) is 0 Å². The molecular weight excluding hydrogens is 270 g/mol. The molecule has 6 nitrogen and oxygen atoms in total. The number of nitro groups is 1. The molecule has 1 aromatic carbocycles. The van der Waals surface area contributed by atoms with Crippen LogP contribution < -0.4 is 10.6 Å². The third kappa shape index (κ3) is 4.40. The molecule has 0 unspecified atom stereocenters. The SMILES string of the molecule is CCCNC(=O)CNc1cc(C)c([N+](=O)[O-])cc1Cl. The normalized spacial score (nSPS) is 10.1. The van der Waals surface area contributed by atoms with Gasteiger partial charge in [0.1, 0.15) is 0 Å². The monoisotopic (exact) mass is 285 g/mol. The van der Waals surface area contributed by atoms with Crippen LogP contribution in [0.4, 0.5) is 11.4 Å². The standard InChI is InChI=1S/C12H16ClN3O3/c1-3-4-14-12(17)7-15-10-5-8(2)11(16(18)19)6-9(10)13/h5-6,15H,3-4,7H2,1-2H3,(H,14,17). The quantitative estimate of drug-likeness (QED) is 0.621. The Labute approximate surface area is 116 Å². The first kappa shape index (κ1) is 15.2. The second-order valence-electron chi connectivity index (χ2n) is 4.08. The molecule has 19 heavy (non-hydrogen) atoms. The van der Waals surface area contributed by atoms with Crippen molar-refractivity contribution in [2.45, 2.75) is 20.3 Å². The van der Waals surface area contributed by atoms with E-state index in [1.54, 1.807) is 13.0 Å². The maximum absolute atomic E-state index is 11.4. The number of rotatable bonds is 6. The van der Waals surface area contributed by atoms with Gasteiger partial charge in [-0.15, -0.1) is 0 Å². The summed E-state index contributed by atoms with van der Waals surface area (Å²) in [7, 11) is 0. The summed E-state index contributed by atoms with van der Waals surface area (Å²) in [5, 5.41) is 16.5. The maximum atomic E-state index is 11.4. The smallest absolute Gasteiger partial charge is 0.273 e. The van der Waals surface area contributed by atoms with Crippen LogP contribution in [0.5, 0.6) is 0 Å². The van der Waals surface area contributed by atoms with Gasteiger partial charge in [0.05, 0.1) is 22.2 Å². The fraction of sp³-hybridized carbons (Fsp3) is 0.417. The summed E-state index contributed by atoms with van der Waals surface area (Å²) in [5.74, 6) is -0.145. The van der Waals surface area contributed by atoms with Crippen LogP contribution >= 0.6 is 11.6 Å². The molecule has 0 atom stereocenters. The Morgan fingerprint density at radius 3 is 2.74 bits per heavy atom. The average molecular weight is 286 g/mol. The molecular formula is C12H16ClN3O3. The second-order valence-corrected chi connectivity index (χ2v) is 4.49. The van der Waals surface area contributed by atoms with Crippen LogP contribution in [-0.2, 0) is 4.79 Å². The van der Waals surface area contributed by atoms with E-state index in [1.807, 2.05) is 6.92 Å². The van der Waals surface area contributed by atoms with E-state index in [4.69, 9.17) is 11.6 Å². The van der Waals surface area contributed by atoms with Crippen molar-refractivity contribution in [3.8, 4) is 0 Å². The lowest BCUT2D eigenvalue weighted by molar-refractivity contribution is -0.385.